The van der Waals surface area contributed by atoms with E-state index in [1.54, 1.807) is 17.0 Å². The van der Waals surface area contributed by atoms with Crippen molar-refractivity contribution in [2.24, 2.45) is 11.8 Å². The Morgan fingerprint density at radius 2 is 1.80 bits per heavy atom. The summed E-state index contributed by atoms with van der Waals surface area (Å²) in [5.74, 6) is -2.31. The Morgan fingerprint density at radius 3 is 2.40 bits per heavy atom. The standard InChI is InChI=1S/C17H18F3NO4/c18-17(19,20)25-14-4-2-1-3-11(14)12-9-13(12)15(22)21-7-5-10(6-8-21)16(23)24/h1-4,10,12-13H,5-9H2,(H,23,24). The van der Waals surface area contributed by atoms with E-state index in [-0.39, 0.29) is 23.5 Å². The molecule has 1 aliphatic carbocycles. The zero-order chi connectivity index (χ0) is 18.2. The topological polar surface area (TPSA) is 66.8 Å². The first kappa shape index (κ1) is 17.6. The molecule has 0 spiro atoms. The highest BCUT2D eigenvalue weighted by Gasteiger charge is 2.48. The Balaban J connectivity index is 1.63. The number of ether oxygens (including phenoxy) is 1. The number of nitrogens with zero attached hydrogens (tertiary/aromatic N) is 1. The Labute approximate surface area is 142 Å². The van der Waals surface area contributed by atoms with Crippen molar-refractivity contribution in [1.82, 2.24) is 4.90 Å². The number of hydrogen-bond acceptors (Lipinski definition) is 3. The van der Waals surface area contributed by atoms with Gasteiger partial charge in [0, 0.05) is 19.0 Å². The van der Waals surface area contributed by atoms with Gasteiger partial charge in [0.15, 0.2) is 0 Å². The Morgan fingerprint density at radius 1 is 1.16 bits per heavy atom. The van der Waals surface area contributed by atoms with Gasteiger partial charge in [0.2, 0.25) is 5.91 Å². The van der Waals surface area contributed by atoms with E-state index in [1.165, 1.54) is 12.1 Å². The van der Waals surface area contributed by atoms with Crippen molar-refractivity contribution in [3.05, 3.63) is 29.8 Å². The molecule has 0 bridgehead atoms. The molecule has 1 aromatic carbocycles. The normalized spacial score (nSPS) is 24.0. The molecule has 5 nitrogen and oxygen atoms in total. The van der Waals surface area contributed by atoms with E-state index >= 15 is 0 Å². The van der Waals surface area contributed by atoms with E-state index in [4.69, 9.17) is 5.11 Å². The lowest BCUT2D eigenvalue weighted by Crippen LogP contribution is -2.41. The lowest BCUT2D eigenvalue weighted by molar-refractivity contribution is -0.274. The van der Waals surface area contributed by atoms with Crippen LogP contribution >= 0.6 is 0 Å². The third-order valence-electron chi connectivity index (χ3n) is 4.81. The van der Waals surface area contributed by atoms with Gasteiger partial charge < -0.3 is 14.7 Å². The molecule has 1 aromatic rings. The largest absolute Gasteiger partial charge is 0.573 e. The summed E-state index contributed by atoms with van der Waals surface area (Å²) in [6.07, 6.45) is -3.47. The van der Waals surface area contributed by atoms with Crippen molar-refractivity contribution in [3.8, 4) is 5.75 Å². The van der Waals surface area contributed by atoms with Crippen LogP contribution in [0.15, 0.2) is 24.3 Å². The van der Waals surface area contributed by atoms with Crippen LogP contribution in [-0.4, -0.2) is 41.3 Å². The summed E-state index contributed by atoms with van der Waals surface area (Å²) in [5.41, 5.74) is 0.388. The second-order valence-corrected chi connectivity index (χ2v) is 6.47. The molecular weight excluding hydrogens is 339 g/mol. The number of rotatable bonds is 4. The summed E-state index contributed by atoms with van der Waals surface area (Å²) in [7, 11) is 0. The molecule has 136 valence electrons. The highest BCUT2D eigenvalue weighted by atomic mass is 19.4. The van der Waals surface area contributed by atoms with E-state index in [9.17, 15) is 22.8 Å². The van der Waals surface area contributed by atoms with Gasteiger partial charge in [-0.15, -0.1) is 13.2 Å². The smallest absolute Gasteiger partial charge is 0.481 e. The predicted octanol–water partition coefficient (Wildman–Crippen LogP) is 3.01. The number of hydrogen-bond donors (Lipinski definition) is 1. The number of halogens is 3. The van der Waals surface area contributed by atoms with Gasteiger partial charge in [-0.2, -0.15) is 0 Å². The molecule has 1 saturated carbocycles. The number of piperidine rings is 1. The molecular formula is C17H18F3NO4. The van der Waals surface area contributed by atoms with Crippen LogP contribution < -0.4 is 4.74 Å². The second-order valence-electron chi connectivity index (χ2n) is 6.47. The number of para-hydroxylation sites is 1. The fraction of sp³-hybridized carbons (Fsp3) is 0.529. The SMILES string of the molecule is O=C(O)C1CCN(C(=O)C2CC2c2ccccc2OC(F)(F)F)CC1. The molecule has 25 heavy (non-hydrogen) atoms. The van der Waals surface area contributed by atoms with Crippen LogP contribution in [0.3, 0.4) is 0 Å². The van der Waals surface area contributed by atoms with Crippen LogP contribution in [0, 0.1) is 11.8 Å². The number of aliphatic carboxylic acids is 1. The van der Waals surface area contributed by atoms with Crippen LogP contribution in [0.4, 0.5) is 13.2 Å². The van der Waals surface area contributed by atoms with Gasteiger partial charge in [0.25, 0.3) is 0 Å². The molecule has 3 rings (SSSR count). The second kappa shape index (κ2) is 6.57. The number of carboxylic acid groups (broad SMARTS) is 1. The summed E-state index contributed by atoms with van der Waals surface area (Å²) in [6.45, 7) is 0.749. The molecule has 2 fully saturated rings. The number of benzene rings is 1. The summed E-state index contributed by atoms with van der Waals surface area (Å²) >= 11 is 0. The van der Waals surface area contributed by atoms with Crippen molar-refractivity contribution in [1.29, 1.82) is 0 Å². The number of carboxylic acids is 1. The van der Waals surface area contributed by atoms with Crippen molar-refractivity contribution in [2.45, 2.75) is 31.5 Å². The average molecular weight is 357 g/mol. The van der Waals surface area contributed by atoms with Crippen molar-refractivity contribution < 1.29 is 32.6 Å². The maximum atomic E-state index is 12.5. The maximum Gasteiger partial charge on any atom is 0.573 e. The minimum atomic E-state index is -4.77. The number of carbonyl (C=O) groups excluding carboxylic acids is 1. The lowest BCUT2D eigenvalue weighted by Gasteiger charge is -2.30. The zero-order valence-electron chi connectivity index (χ0n) is 13.3. The van der Waals surface area contributed by atoms with Crippen LogP contribution in [-0.2, 0) is 9.59 Å². The molecule has 0 aromatic heterocycles. The zero-order valence-corrected chi connectivity index (χ0v) is 13.3. The predicted molar refractivity (Wildman–Crippen MR) is 80.9 cm³/mol. The van der Waals surface area contributed by atoms with E-state index in [0.717, 1.165) is 0 Å². The minimum absolute atomic E-state index is 0.115. The third-order valence-corrected chi connectivity index (χ3v) is 4.81. The number of carbonyl (C=O) groups is 2. The molecule has 0 radical (unpaired) electrons. The Hall–Kier alpha value is -2.25. The highest BCUT2D eigenvalue weighted by molar-refractivity contribution is 5.83. The molecule has 1 heterocycles. The third kappa shape index (κ3) is 4.05. The Bertz CT molecular complexity index is 668. The van der Waals surface area contributed by atoms with Crippen molar-refractivity contribution >= 4 is 11.9 Å². The lowest BCUT2D eigenvalue weighted by atomic mass is 9.96. The summed E-state index contributed by atoms with van der Waals surface area (Å²) < 4.78 is 41.6. The first-order chi connectivity index (χ1) is 11.8. The van der Waals surface area contributed by atoms with E-state index in [0.29, 0.717) is 37.9 Å². The van der Waals surface area contributed by atoms with Crippen LogP contribution in [0.25, 0.3) is 0 Å². The van der Waals surface area contributed by atoms with E-state index < -0.39 is 18.2 Å². The molecule has 1 amide bonds. The van der Waals surface area contributed by atoms with Gasteiger partial charge in [-0.25, -0.2) is 0 Å². The van der Waals surface area contributed by atoms with Crippen LogP contribution in [0.2, 0.25) is 0 Å². The average Bonchev–Trinajstić information content (AvgIpc) is 3.33. The first-order valence-electron chi connectivity index (χ1n) is 8.12. The van der Waals surface area contributed by atoms with E-state index in [2.05, 4.69) is 4.74 Å². The minimum Gasteiger partial charge on any atom is -0.481 e. The van der Waals surface area contributed by atoms with E-state index in [1.807, 2.05) is 0 Å². The number of amides is 1. The van der Waals surface area contributed by atoms with Gasteiger partial charge in [0.1, 0.15) is 5.75 Å². The maximum absolute atomic E-state index is 12.5. The summed E-state index contributed by atoms with van der Waals surface area (Å²) in [6, 6.07) is 5.88. The van der Waals surface area contributed by atoms with Crippen molar-refractivity contribution in [3.63, 3.8) is 0 Å². The fourth-order valence-corrected chi connectivity index (χ4v) is 3.40. The molecule has 2 aliphatic rings. The molecule has 1 N–H and O–H groups in total. The van der Waals surface area contributed by atoms with Gasteiger partial charge >= 0.3 is 12.3 Å². The van der Waals surface area contributed by atoms with Crippen LogP contribution in [0.5, 0.6) is 5.75 Å². The quantitative estimate of drug-likeness (QED) is 0.900. The van der Waals surface area contributed by atoms with Gasteiger partial charge in [-0.3, -0.25) is 9.59 Å². The van der Waals surface area contributed by atoms with Gasteiger partial charge in [-0.05, 0) is 36.8 Å². The van der Waals surface area contributed by atoms with Gasteiger partial charge in [-0.1, -0.05) is 18.2 Å². The molecule has 2 unspecified atom stereocenters. The summed E-state index contributed by atoms with van der Waals surface area (Å²) in [4.78, 5) is 25.1. The fourth-order valence-electron chi connectivity index (χ4n) is 3.40. The highest BCUT2D eigenvalue weighted by Crippen LogP contribution is 2.52. The molecule has 2 atom stereocenters. The van der Waals surface area contributed by atoms with Gasteiger partial charge in [0.05, 0.1) is 5.92 Å². The van der Waals surface area contributed by atoms with Crippen LogP contribution in [0.1, 0.15) is 30.7 Å². The monoisotopic (exact) mass is 357 g/mol. The number of likely N-dealkylation sites (tertiary alicyclic amines) is 1. The summed E-state index contributed by atoms with van der Waals surface area (Å²) in [5, 5.41) is 8.99. The number of alkyl halides is 3. The van der Waals surface area contributed by atoms with Crippen molar-refractivity contribution in [2.75, 3.05) is 13.1 Å². The molecule has 1 saturated heterocycles. The first-order valence-corrected chi connectivity index (χ1v) is 8.12. The Kier molecular flexibility index (Phi) is 4.62. The molecule has 1 aliphatic heterocycles. The molecule has 8 heteroatoms.